The van der Waals surface area contributed by atoms with Gasteiger partial charge in [-0.3, -0.25) is 0 Å². The zero-order valence-corrected chi connectivity index (χ0v) is 7.87. The fourth-order valence-electron chi connectivity index (χ4n) is 2.30. The van der Waals surface area contributed by atoms with Gasteiger partial charge >= 0.3 is 0 Å². The van der Waals surface area contributed by atoms with Gasteiger partial charge in [0, 0.05) is 17.8 Å². The van der Waals surface area contributed by atoms with Crippen molar-refractivity contribution >= 4 is 5.69 Å². The molecule has 1 atom stereocenters. The van der Waals surface area contributed by atoms with Crippen molar-refractivity contribution in [3.8, 4) is 0 Å². The Bertz CT molecular complexity index is 366. The average Bonchev–Trinajstić information content (AvgIpc) is 2.65. The van der Waals surface area contributed by atoms with Gasteiger partial charge in [-0.05, 0) is 25.0 Å². The summed E-state index contributed by atoms with van der Waals surface area (Å²) in [6.07, 6.45) is 2.39. The van der Waals surface area contributed by atoms with Gasteiger partial charge < -0.3 is 9.64 Å². The second kappa shape index (κ2) is 2.95. The van der Waals surface area contributed by atoms with Gasteiger partial charge in [-0.15, -0.1) is 0 Å². The monoisotopic (exact) mass is 193 g/mol. The van der Waals surface area contributed by atoms with Gasteiger partial charge in [0.2, 0.25) is 0 Å². The molecule has 0 saturated carbocycles. The Balaban J connectivity index is 2.07. The first kappa shape index (κ1) is 8.24. The number of rotatable bonds is 0. The number of anilines is 1. The molecule has 1 aromatic rings. The van der Waals surface area contributed by atoms with E-state index in [0.717, 1.165) is 30.6 Å². The molecule has 1 saturated heterocycles. The normalized spacial score (nSPS) is 24.6. The summed E-state index contributed by atoms with van der Waals surface area (Å²) in [4.78, 5) is 2.17. The second-order valence-corrected chi connectivity index (χ2v) is 3.87. The fraction of sp³-hybridized carbons (Fsp3) is 0.455. The largest absolute Gasteiger partial charge is 0.354 e. The van der Waals surface area contributed by atoms with Crippen LogP contribution in [-0.4, -0.2) is 12.8 Å². The van der Waals surface area contributed by atoms with Crippen LogP contribution < -0.4 is 4.90 Å². The summed E-state index contributed by atoms with van der Waals surface area (Å²) < 4.78 is 18.8. The number of benzene rings is 1. The van der Waals surface area contributed by atoms with E-state index >= 15 is 0 Å². The second-order valence-electron chi connectivity index (χ2n) is 3.87. The maximum atomic E-state index is 13.1. The Morgan fingerprint density at radius 2 is 2.36 bits per heavy atom. The van der Waals surface area contributed by atoms with Crippen molar-refractivity contribution in [2.24, 2.45) is 0 Å². The Kier molecular flexibility index (Phi) is 1.74. The van der Waals surface area contributed by atoms with Crippen LogP contribution in [0.25, 0.3) is 0 Å². The predicted octanol–water partition coefficient (Wildman–Crippen LogP) is 2.28. The first-order valence-corrected chi connectivity index (χ1v) is 5.01. The molecule has 2 aliphatic heterocycles. The number of hydrogen-bond acceptors (Lipinski definition) is 2. The zero-order chi connectivity index (χ0) is 9.54. The van der Waals surface area contributed by atoms with Crippen molar-refractivity contribution in [2.75, 3.05) is 11.4 Å². The predicted molar refractivity (Wildman–Crippen MR) is 51.6 cm³/mol. The molecule has 14 heavy (non-hydrogen) atoms. The molecule has 2 nitrogen and oxygen atoms in total. The molecule has 74 valence electrons. The van der Waals surface area contributed by atoms with E-state index in [1.807, 2.05) is 6.07 Å². The Labute approximate surface area is 82.3 Å². The number of nitrogens with zero attached hydrogens (tertiary/aromatic N) is 1. The lowest BCUT2D eigenvalue weighted by Crippen LogP contribution is -2.35. The van der Waals surface area contributed by atoms with Crippen molar-refractivity contribution in [3.05, 3.63) is 29.6 Å². The van der Waals surface area contributed by atoms with Crippen LogP contribution in [0.15, 0.2) is 18.2 Å². The SMILES string of the molecule is Fc1ccc2c(c1)N1CCCC1OC2. The summed E-state index contributed by atoms with van der Waals surface area (Å²) in [6, 6.07) is 4.94. The molecular formula is C11H12FNO. The van der Waals surface area contributed by atoms with Crippen molar-refractivity contribution < 1.29 is 9.13 Å². The van der Waals surface area contributed by atoms with E-state index in [1.54, 1.807) is 6.07 Å². The van der Waals surface area contributed by atoms with Crippen LogP contribution in [-0.2, 0) is 11.3 Å². The Hall–Kier alpha value is -1.09. The van der Waals surface area contributed by atoms with Gasteiger partial charge in [0.15, 0.2) is 0 Å². The molecule has 1 fully saturated rings. The molecule has 0 aliphatic carbocycles. The van der Waals surface area contributed by atoms with Gasteiger partial charge in [0.25, 0.3) is 0 Å². The van der Waals surface area contributed by atoms with Crippen molar-refractivity contribution in [1.82, 2.24) is 0 Å². The van der Waals surface area contributed by atoms with Gasteiger partial charge in [0.05, 0.1) is 6.61 Å². The summed E-state index contributed by atoms with van der Waals surface area (Å²) in [5.74, 6) is -0.156. The van der Waals surface area contributed by atoms with E-state index in [9.17, 15) is 4.39 Å². The third-order valence-electron chi connectivity index (χ3n) is 2.99. The maximum Gasteiger partial charge on any atom is 0.130 e. The third-order valence-corrected chi connectivity index (χ3v) is 2.99. The van der Waals surface area contributed by atoms with Crippen LogP contribution in [0.1, 0.15) is 18.4 Å². The number of hydrogen-bond donors (Lipinski definition) is 0. The number of fused-ring (bicyclic) bond motifs is 3. The van der Waals surface area contributed by atoms with Gasteiger partial charge in [-0.1, -0.05) is 6.07 Å². The first-order chi connectivity index (χ1) is 6.84. The molecule has 0 aromatic heterocycles. The lowest BCUT2D eigenvalue weighted by Gasteiger charge is -2.33. The molecule has 3 heteroatoms. The third kappa shape index (κ3) is 1.12. The highest BCUT2D eigenvalue weighted by Crippen LogP contribution is 2.34. The summed E-state index contributed by atoms with van der Waals surface area (Å²) in [6.45, 7) is 1.61. The highest BCUT2D eigenvalue weighted by Gasteiger charge is 2.30. The van der Waals surface area contributed by atoms with Crippen LogP contribution in [0, 0.1) is 5.82 Å². The van der Waals surface area contributed by atoms with Crippen molar-refractivity contribution in [1.29, 1.82) is 0 Å². The van der Waals surface area contributed by atoms with Gasteiger partial charge in [-0.2, -0.15) is 0 Å². The summed E-state index contributed by atoms with van der Waals surface area (Å²) >= 11 is 0. The van der Waals surface area contributed by atoms with Crippen LogP contribution in [0.4, 0.5) is 10.1 Å². The molecule has 2 heterocycles. The van der Waals surface area contributed by atoms with E-state index in [-0.39, 0.29) is 12.0 Å². The molecule has 1 unspecified atom stereocenters. The lowest BCUT2D eigenvalue weighted by atomic mass is 10.1. The van der Waals surface area contributed by atoms with Crippen molar-refractivity contribution in [2.45, 2.75) is 25.7 Å². The van der Waals surface area contributed by atoms with E-state index in [1.165, 1.54) is 6.07 Å². The number of ether oxygens (including phenoxy) is 1. The van der Waals surface area contributed by atoms with E-state index in [4.69, 9.17) is 4.74 Å². The molecule has 3 rings (SSSR count). The molecule has 0 amide bonds. The number of halogens is 1. The Morgan fingerprint density at radius 1 is 1.43 bits per heavy atom. The summed E-state index contributed by atoms with van der Waals surface area (Å²) in [5.41, 5.74) is 2.13. The highest BCUT2D eigenvalue weighted by molar-refractivity contribution is 5.56. The molecule has 0 N–H and O–H groups in total. The van der Waals surface area contributed by atoms with Crippen LogP contribution >= 0.6 is 0 Å². The molecule has 0 spiro atoms. The summed E-state index contributed by atoms with van der Waals surface area (Å²) in [7, 11) is 0. The molecule has 2 aliphatic rings. The smallest absolute Gasteiger partial charge is 0.130 e. The molecular weight excluding hydrogens is 181 g/mol. The minimum absolute atomic E-state index is 0.156. The Morgan fingerprint density at radius 3 is 3.29 bits per heavy atom. The van der Waals surface area contributed by atoms with Crippen LogP contribution in [0.2, 0.25) is 0 Å². The fourth-order valence-corrected chi connectivity index (χ4v) is 2.30. The molecule has 0 radical (unpaired) electrons. The standard InChI is InChI=1S/C11H12FNO/c12-9-4-3-8-7-14-11-2-1-5-13(11)10(8)6-9/h3-4,6,11H,1-2,5,7H2. The molecule has 1 aromatic carbocycles. The van der Waals surface area contributed by atoms with Crippen molar-refractivity contribution in [3.63, 3.8) is 0 Å². The highest BCUT2D eigenvalue weighted by atomic mass is 19.1. The van der Waals surface area contributed by atoms with E-state index in [2.05, 4.69) is 4.90 Å². The quantitative estimate of drug-likeness (QED) is 0.626. The molecule has 0 bridgehead atoms. The average molecular weight is 193 g/mol. The lowest BCUT2D eigenvalue weighted by molar-refractivity contribution is 0.0383. The van der Waals surface area contributed by atoms with Gasteiger partial charge in [-0.25, -0.2) is 4.39 Å². The van der Waals surface area contributed by atoms with E-state index in [0.29, 0.717) is 6.61 Å². The minimum Gasteiger partial charge on any atom is -0.354 e. The summed E-state index contributed by atoms with van der Waals surface area (Å²) in [5, 5.41) is 0. The first-order valence-electron chi connectivity index (χ1n) is 5.01. The van der Waals surface area contributed by atoms with E-state index < -0.39 is 0 Å². The van der Waals surface area contributed by atoms with Crippen LogP contribution in [0.3, 0.4) is 0 Å². The maximum absolute atomic E-state index is 13.1. The van der Waals surface area contributed by atoms with Crippen LogP contribution in [0.5, 0.6) is 0 Å². The minimum atomic E-state index is -0.156. The van der Waals surface area contributed by atoms with Gasteiger partial charge in [0.1, 0.15) is 12.0 Å². The zero-order valence-electron chi connectivity index (χ0n) is 7.87. The topological polar surface area (TPSA) is 12.5 Å².